The predicted octanol–water partition coefficient (Wildman–Crippen LogP) is 1.17. The Morgan fingerprint density at radius 1 is 0.825 bits per heavy atom. The lowest BCUT2D eigenvalue weighted by atomic mass is 9.85. The first-order chi connectivity index (χ1) is 18.7. The maximum absolute atomic E-state index is 13.1. The number of Topliss-reactive ketones (excluding diaryl/α,β-unsaturated/α-hetero) is 1. The van der Waals surface area contributed by atoms with E-state index in [1.807, 2.05) is 0 Å². The highest BCUT2D eigenvalue weighted by Gasteiger charge is 2.36. The van der Waals surface area contributed by atoms with E-state index in [9.17, 15) is 28.8 Å². The van der Waals surface area contributed by atoms with Gasteiger partial charge in [0.05, 0.1) is 12.6 Å². The monoisotopic (exact) mass is 557 g/mol. The summed E-state index contributed by atoms with van der Waals surface area (Å²) in [5.74, 6) is -4.19. The second-order valence-electron chi connectivity index (χ2n) is 11.6. The molecule has 0 unspecified atom stereocenters. The van der Waals surface area contributed by atoms with E-state index < -0.39 is 58.9 Å². The highest BCUT2D eigenvalue weighted by atomic mass is 16.2. The zero-order chi connectivity index (χ0) is 30.0. The summed E-state index contributed by atoms with van der Waals surface area (Å²) >= 11 is 0. The molecular weight excluding hydrogens is 514 g/mol. The maximum Gasteiger partial charge on any atom is 0.290 e. The zero-order valence-electron chi connectivity index (χ0n) is 24.3. The number of carbonyl (C=O) groups excluding carboxylic acids is 6. The van der Waals surface area contributed by atoms with Gasteiger partial charge in [-0.3, -0.25) is 28.8 Å². The number of hydrogen-bond donors (Lipinski definition) is 4. The lowest BCUT2D eigenvalue weighted by Crippen LogP contribution is -2.59. The van der Waals surface area contributed by atoms with Crippen LogP contribution in [0.4, 0.5) is 0 Å². The predicted molar refractivity (Wildman–Crippen MR) is 150 cm³/mol. The molecule has 5 amide bonds. The fourth-order valence-electron chi connectivity index (χ4n) is 4.29. The minimum atomic E-state index is -1.16. The van der Waals surface area contributed by atoms with Gasteiger partial charge in [-0.2, -0.15) is 0 Å². The van der Waals surface area contributed by atoms with Crippen LogP contribution in [0.1, 0.15) is 71.2 Å². The average Bonchev–Trinajstić information content (AvgIpc) is 2.92. The summed E-state index contributed by atoms with van der Waals surface area (Å²) in [6, 6.07) is 5.29. The second kappa shape index (κ2) is 14.6. The van der Waals surface area contributed by atoms with Crippen LogP contribution in [-0.2, 0) is 24.0 Å². The molecule has 0 aliphatic carbocycles. The highest BCUT2D eigenvalue weighted by molar-refractivity contribution is 6.38. The first-order valence-electron chi connectivity index (χ1n) is 13.8. The maximum atomic E-state index is 13.1. The Bertz CT molecular complexity index is 1080. The fourth-order valence-corrected chi connectivity index (χ4v) is 4.29. The van der Waals surface area contributed by atoms with Crippen molar-refractivity contribution < 1.29 is 28.8 Å². The van der Waals surface area contributed by atoms with Gasteiger partial charge >= 0.3 is 0 Å². The van der Waals surface area contributed by atoms with Crippen molar-refractivity contribution in [3.63, 3.8) is 0 Å². The third kappa shape index (κ3) is 9.46. The molecule has 1 aromatic rings. The molecule has 0 bridgehead atoms. The van der Waals surface area contributed by atoms with Gasteiger partial charge in [-0.15, -0.1) is 0 Å². The molecule has 0 spiro atoms. The number of hydrogen-bond acceptors (Lipinski definition) is 6. The fraction of sp³-hybridized carbons (Fsp3) is 0.586. The molecule has 3 atom stereocenters. The average molecular weight is 558 g/mol. The molecule has 40 heavy (non-hydrogen) atoms. The molecule has 0 saturated carbocycles. The summed E-state index contributed by atoms with van der Waals surface area (Å²) in [5, 5.41) is 10.3. The van der Waals surface area contributed by atoms with Gasteiger partial charge in [-0.05, 0) is 49.7 Å². The Kier molecular flexibility index (Phi) is 11.8. The summed E-state index contributed by atoms with van der Waals surface area (Å²) in [7, 11) is 0. The van der Waals surface area contributed by atoms with Crippen LogP contribution in [0.3, 0.4) is 0 Å². The Balaban J connectivity index is 1.98. The van der Waals surface area contributed by atoms with Crippen LogP contribution < -0.4 is 21.3 Å². The van der Waals surface area contributed by atoms with Crippen LogP contribution in [0.5, 0.6) is 0 Å². The molecule has 220 valence electrons. The number of nitrogens with zero attached hydrogens (tertiary/aromatic N) is 1. The van der Waals surface area contributed by atoms with Crippen molar-refractivity contribution in [3.05, 3.63) is 35.9 Å². The van der Waals surface area contributed by atoms with Crippen molar-refractivity contribution in [2.24, 2.45) is 11.3 Å². The van der Waals surface area contributed by atoms with Crippen LogP contribution in [-0.4, -0.2) is 78.0 Å². The van der Waals surface area contributed by atoms with Crippen LogP contribution in [0.2, 0.25) is 0 Å². The Labute approximate surface area is 236 Å². The second-order valence-corrected chi connectivity index (χ2v) is 11.6. The third-order valence-corrected chi connectivity index (χ3v) is 6.77. The summed E-state index contributed by atoms with van der Waals surface area (Å²) < 4.78 is 0. The summed E-state index contributed by atoms with van der Waals surface area (Å²) in [5.41, 5.74) is -0.283. The smallest absolute Gasteiger partial charge is 0.290 e. The van der Waals surface area contributed by atoms with E-state index in [0.717, 1.165) is 19.3 Å². The first kappa shape index (κ1) is 32.5. The van der Waals surface area contributed by atoms with Gasteiger partial charge in [0.2, 0.25) is 23.5 Å². The number of likely N-dealkylation sites (tertiary alicyclic amines) is 1. The molecule has 2 rings (SSSR count). The number of piperidine rings is 1. The van der Waals surface area contributed by atoms with E-state index in [1.165, 1.54) is 6.92 Å². The van der Waals surface area contributed by atoms with Crippen molar-refractivity contribution >= 4 is 35.3 Å². The molecule has 0 aromatic heterocycles. The molecule has 11 nitrogen and oxygen atoms in total. The standard InChI is InChI=1S/C29H43N5O6/c1-18(2)22(23(36)27(39)30-17-21(35)34-15-11-8-12-16-34)32-25(37)19(3)31-28(40)24(29(4,5)6)33-26(38)20-13-9-7-10-14-20/h7,9-10,13-14,18-19,22,24H,8,11-12,15-17H2,1-6H3,(H,30,39)(H,31,40)(H,32,37)(H,33,38)/t19-,22-,24+/m0/s1. The zero-order valence-corrected chi connectivity index (χ0v) is 24.3. The van der Waals surface area contributed by atoms with Crippen LogP contribution in [0.15, 0.2) is 30.3 Å². The van der Waals surface area contributed by atoms with Crippen LogP contribution in [0, 0.1) is 11.3 Å². The number of carbonyl (C=O) groups is 6. The van der Waals surface area contributed by atoms with Gasteiger partial charge < -0.3 is 26.2 Å². The van der Waals surface area contributed by atoms with E-state index >= 15 is 0 Å². The van der Waals surface area contributed by atoms with Gasteiger partial charge in [0.1, 0.15) is 12.1 Å². The van der Waals surface area contributed by atoms with E-state index in [2.05, 4.69) is 21.3 Å². The number of nitrogens with one attached hydrogen (secondary N) is 4. The SMILES string of the molecule is CC(C)[C@H](NC(=O)[C@H](C)NC(=O)[C@@H](NC(=O)c1ccccc1)C(C)(C)C)C(=O)C(=O)NCC(=O)N1CCCCC1. The number of benzene rings is 1. The van der Waals surface area contributed by atoms with Crippen molar-refractivity contribution in [2.45, 2.75) is 78.9 Å². The Morgan fingerprint density at radius 3 is 1.98 bits per heavy atom. The number of ketones is 1. The van der Waals surface area contributed by atoms with Crippen molar-refractivity contribution in [1.82, 2.24) is 26.2 Å². The number of amides is 5. The van der Waals surface area contributed by atoms with E-state index in [0.29, 0.717) is 18.7 Å². The largest absolute Gasteiger partial charge is 0.344 e. The molecule has 11 heteroatoms. The minimum absolute atomic E-state index is 0.255. The molecule has 1 aliphatic heterocycles. The first-order valence-corrected chi connectivity index (χ1v) is 13.8. The Hall–Kier alpha value is -3.76. The molecule has 0 radical (unpaired) electrons. The van der Waals surface area contributed by atoms with Crippen LogP contribution >= 0.6 is 0 Å². The Morgan fingerprint density at radius 2 is 1.43 bits per heavy atom. The van der Waals surface area contributed by atoms with E-state index in [4.69, 9.17) is 0 Å². The molecule has 1 aromatic carbocycles. The summed E-state index contributed by atoms with van der Waals surface area (Å²) in [6.45, 7) is 11.1. The molecule has 1 saturated heterocycles. The van der Waals surface area contributed by atoms with Crippen molar-refractivity contribution in [1.29, 1.82) is 0 Å². The molecule has 4 N–H and O–H groups in total. The van der Waals surface area contributed by atoms with Crippen molar-refractivity contribution in [2.75, 3.05) is 19.6 Å². The molecule has 1 aliphatic rings. The lowest BCUT2D eigenvalue weighted by Gasteiger charge is -2.31. The van der Waals surface area contributed by atoms with Crippen LogP contribution in [0.25, 0.3) is 0 Å². The van der Waals surface area contributed by atoms with E-state index in [1.54, 1.807) is 69.9 Å². The molecule has 1 heterocycles. The van der Waals surface area contributed by atoms with Gasteiger partial charge in [0, 0.05) is 18.7 Å². The topological polar surface area (TPSA) is 154 Å². The number of rotatable bonds is 11. The third-order valence-electron chi connectivity index (χ3n) is 6.77. The lowest BCUT2D eigenvalue weighted by molar-refractivity contribution is -0.142. The van der Waals surface area contributed by atoms with Gasteiger partial charge in [0.15, 0.2) is 0 Å². The van der Waals surface area contributed by atoms with Gasteiger partial charge in [0.25, 0.3) is 11.8 Å². The van der Waals surface area contributed by atoms with Gasteiger partial charge in [-0.25, -0.2) is 0 Å². The normalized spacial score (nSPS) is 15.8. The van der Waals surface area contributed by atoms with Crippen molar-refractivity contribution in [3.8, 4) is 0 Å². The summed E-state index contributed by atoms with van der Waals surface area (Å²) in [6.07, 6.45) is 2.87. The quantitative estimate of drug-likeness (QED) is 0.300. The molecule has 1 fully saturated rings. The van der Waals surface area contributed by atoms with E-state index in [-0.39, 0.29) is 12.5 Å². The highest BCUT2D eigenvalue weighted by Crippen LogP contribution is 2.20. The summed E-state index contributed by atoms with van der Waals surface area (Å²) in [4.78, 5) is 78.2. The van der Waals surface area contributed by atoms with Gasteiger partial charge in [-0.1, -0.05) is 52.8 Å². The molecular formula is C29H43N5O6. The minimum Gasteiger partial charge on any atom is -0.344 e.